The number of ether oxygens (including phenoxy) is 1. The van der Waals surface area contributed by atoms with Crippen LogP contribution in [0.15, 0.2) is 6.33 Å². The van der Waals surface area contributed by atoms with Crippen LogP contribution in [0.1, 0.15) is 25.3 Å². The normalized spacial score (nSPS) is 16.6. The molecule has 1 aromatic rings. The molecule has 0 aliphatic carbocycles. The maximum absolute atomic E-state index is 5.42. The Morgan fingerprint density at radius 2 is 2.11 bits per heavy atom. The third kappa shape index (κ3) is 2.56. The van der Waals surface area contributed by atoms with E-state index in [-0.39, 0.29) is 0 Å². The fourth-order valence-corrected chi connectivity index (χ4v) is 2.49. The van der Waals surface area contributed by atoms with Crippen molar-refractivity contribution in [3.05, 3.63) is 11.9 Å². The first kappa shape index (κ1) is 13.1. The molecule has 5 heteroatoms. The smallest absolute Gasteiger partial charge is 0.137 e. The lowest BCUT2D eigenvalue weighted by molar-refractivity contribution is 0.0853. The predicted octanol–water partition coefficient (Wildman–Crippen LogP) is 1.70. The van der Waals surface area contributed by atoms with Crippen molar-refractivity contribution >= 4 is 11.6 Å². The molecule has 0 spiro atoms. The molecule has 18 heavy (non-hydrogen) atoms. The molecule has 2 heterocycles. The van der Waals surface area contributed by atoms with Gasteiger partial charge in [0.25, 0.3) is 0 Å². The predicted molar refractivity (Wildman–Crippen MR) is 73.2 cm³/mol. The molecule has 0 aromatic carbocycles. The molecule has 0 saturated carbocycles. The Morgan fingerprint density at radius 1 is 1.39 bits per heavy atom. The minimum atomic E-state index is 0.517. The number of nitrogens with one attached hydrogen (secondary N) is 1. The average molecular weight is 250 g/mol. The molecule has 1 aliphatic rings. The Labute approximate surface area is 109 Å². The summed E-state index contributed by atoms with van der Waals surface area (Å²) < 4.78 is 5.42. The minimum Gasteiger partial charge on any atom is -0.381 e. The second-order valence-electron chi connectivity index (χ2n) is 4.58. The largest absolute Gasteiger partial charge is 0.381 e. The van der Waals surface area contributed by atoms with Crippen LogP contribution in [0, 0.1) is 0 Å². The molecule has 0 amide bonds. The summed E-state index contributed by atoms with van der Waals surface area (Å²) in [5.74, 6) is 1.98. The van der Waals surface area contributed by atoms with Crippen molar-refractivity contribution in [3.8, 4) is 0 Å². The Balaban J connectivity index is 2.25. The van der Waals surface area contributed by atoms with E-state index in [9.17, 15) is 0 Å². The Kier molecular flexibility index (Phi) is 4.36. The third-order valence-electron chi connectivity index (χ3n) is 3.59. The van der Waals surface area contributed by atoms with Gasteiger partial charge in [0, 0.05) is 38.9 Å². The van der Waals surface area contributed by atoms with Gasteiger partial charge in [0.1, 0.15) is 18.0 Å². The summed E-state index contributed by atoms with van der Waals surface area (Å²) in [7, 11) is 4.02. The summed E-state index contributed by atoms with van der Waals surface area (Å²) in [6.45, 7) is 3.84. The topological polar surface area (TPSA) is 50.3 Å². The molecular formula is C13H22N4O. The van der Waals surface area contributed by atoms with Crippen LogP contribution < -0.4 is 10.2 Å². The summed E-state index contributed by atoms with van der Waals surface area (Å²) >= 11 is 0. The molecule has 0 unspecified atom stereocenters. The van der Waals surface area contributed by atoms with Gasteiger partial charge in [-0.05, 0) is 19.3 Å². The van der Waals surface area contributed by atoms with Gasteiger partial charge in [-0.15, -0.1) is 0 Å². The van der Waals surface area contributed by atoms with Gasteiger partial charge in [0.2, 0.25) is 0 Å². The molecule has 1 N–H and O–H groups in total. The Bertz CT molecular complexity index is 391. The van der Waals surface area contributed by atoms with E-state index in [4.69, 9.17) is 4.74 Å². The summed E-state index contributed by atoms with van der Waals surface area (Å²) in [5.41, 5.74) is 1.19. The van der Waals surface area contributed by atoms with Gasteiger partial charge in [-0.3, -0.25) is 0 Å². The quantitative estimate of drug-likeness (QED) is 0.881. The second-order valence-corrected chi connectivity index (χ2v) is 4.58. The number of nitrogens with zero attached hydrogens (tertiary/aromatic N) is 3. The van der Waals surface area contributed by atoms with E-state index in [0.29, 0.717) is 6.04 Å². The highest BCUT2D eigenvalue weighted by Crippen LogP contribution is 2.26. The van der Waals surface area contributed by atoms with E-state index in [0.717, 1.165) is 44.1 Å². The molecule has 0 atom stereocenters. The van der Waals surface area contributed by atoms with Crippen molar-refractivity contribution in [2.75, 3.05) is 37.5 Å². The highest BCUT2D eigenvalue weighted by Gasteiger charge is 2.22. The van der Waals surface area contributed by atoms with Crippen LogP contribution in [0.4, 0.5) is 11.6 Å². The van der Waals surface area contributed by atoms with Crippen LogP contribution in [0.5, 0.6) is 0 Å². The molecule has 1 aliphatic heterocycles. The minimum absolute atomic E-state index is 0.517. The van der Waals surface area contributed by atoms with Crippen molar-refractivity contribution in [2.24, 2.45) is 0 Å². The molecule has 2 rings (SSSR count). The van der Waals surface area contributed by atoms with E-state index in [2.05, 4.69) is 34.2 Å². The molecule has 100 valence electrons. The number of hydrogen-bond donors (Lipinski definition) is 1. The highest BCUT2D eigenvalue weighted by molar-refractivity contribution is 5.58. The average Bonchev–Trinajstić information content (AvgIpc) is 2.46. The lowest BCUT2D eigenvalue weighted by atomic mass is 10.1. The lowest BCUT2D eigenvalue weighted by Crippen LogP contribution is -2.37. The number of aromatic nitrogens is 2. The summed E-state index contributed by atoms with van der Waals surface area (Å²) in [4.78, 5) is 11.0. The Morgan fingerprint density at radius 3 is 2.72 bits per heavy atom. The van der Waals surface area contributed by atoms with Gasteiger partial charge in [-0.1, -0.05) is 6.92 Å². The fourth-order valence-electron chi connectivity index (χ4n) is 2.49. The van der Waals surface area contributed by atoms with E-state index in [1.165, 1.54) is 5.56 Å². The summed E-state index contributed by atoms with van der Waals surface area (Å²) in [5, 5.41) is 3.14. The molecule has 1 aromatic heterocycles. The molecular weight excluding hydrogens is 228 g/mol. The first-order valence-electron chi connectivity index (χ1n) is 6.60. The second kappa shape index (κ2) is 6.00. The summed E-state index contributed by atoms with van der Waals surface area (Å²) in [6.07, 6.45) is 4.70. The van der Waals surface area contributed by atoms with Crippen LogP contribution in [-0.2, 0) is 11.2 Å². The molecule has 5 nitrogen and oxygen atoms in total. The van der Waals surface area contributed by atoms with Gasteiger partial charge in [-0.25, -0.2) is 9.97 Å². The Hall–Kier alpha value is -1.36. The van der Waals surface area contributed by atoms with Gasteiger partial charge in [0.15, 0.2) is 0 Å². The van der Waals surface area contributed by atoms with Crippen LogP contribution in [0.2, 0.25) is 0 Å². The van der Waals surface area contributed by atoms with E-state index in [1.807, 2.05) is 7.05 Å². The van der Waals surface area contributed by atoms with Crippen molar-refractivity contribution < 1.29 is 4.74 Å². The number of hydrogen-bond acceptors (Lipinski definition) is 5. The SMILES string of the molecule is CCc1c(NC)ncnc1N(C)C1CCOCC1. The monoisotopic (exact) mass is 250 g/mol. The maximum Gasteiger partial charge on any atom is 0.137 e. The lowest BCUT2D eigenvalue weighted by Gasteiger charge is -2.33. The van der Waals surface area contributed by atoms with E-state index >= 15 is 0 Å². The van der Waals surface area contributed by atoms with Gasteiger partial charge in [0.05, 0.1) is 0 Å². The van der Waals surface area contributed by atoms with Crippen LogP contribution >= 0.6 is 0 Å². The van der Waals surface area contributed by atoms with Crippen molar-refractivity contribution in [3.63, 3.8) is 0 Å². The number of anilines is 2. The van der Waals surface area contributed by atoms with Gasteiger partial charge < -0.3 is 15.0 Å². The highest BCUT2D eigenvalue weighted by atomic mass is 16.5. The van der Waals surface area contributed by atoms with Crippen molar-refractivity contribution in [1.29, 1.82) is 0 Å². The van der Waals surface area contributed by atoms with E-state index in [1.54, 1.807) is 6.33 Å². The van der Waals surface area contributed by atoms with Gasteiger partial charge in [-0.2, -0.15) is 0 Å². The standard InChI is InChI=1S/C13H22N4O/c1-4-11-12(14-2)15-9-16-13(11)17(3)10-5-7-18-8-6-10/h9-10H,4-8H2,1-3H3,(H,14,15,16). The first-order valence-corrected chi connectivity index (χ1v) is 6.60. The zero-order valence-electron chi connectivity index (χ0n) is 11.4. The van der Waals surface area contributed by atoms with Crippen LogP contribution in [0.25, 0.3) is 0 Å². The molecule has 0 bridgehead atoms. The third-order valence-corrected chi connectivity index (χ3v) is 3.59. The van der Waals surface area contributed by atoms with Crippen molar-refractivity contribution in [2.45, 2.75) is 32.2 Å². The number of rotatable bonds is 4. The fraction of sp³-hybridized carbons (Fsp3) is 0.692. The first-order chi connectivity index (χ1) is 8.77. The zero-order chi connectivity index (χ0) is 13.0. The molecule has 1 saturated heterocycles. The zero-order valence-corrected chi connectivity index (χ0v) is 11.4. The molecule has 1 fully saturated rings. The maximum atomic E-state index is 5.42. The van der Waals surface area contributed by atoms with E-state index < -0.39 is 0 Å². The molecule has 0 radical (unpaired) electrons. The van der Waals surface area contributed by atoms with Crippen molar-refractivity contribution in [1.82, 2.24) is 9.97 Å². The van der Waals surface area contributed by atoms with Crippen LogP contribution in [0.3, 0.4) is 0 Å². The van der Waals surface area contributed by atoms with Crippen LogP contribution in [-0.4, -0.2) is 43.3 Å². The van der Waals surface area contributed by atoms with Gasteiger partial charge >= 0.3 is 0 Å². The summed E-state index contributed by atoms with van der Waals surface area (Å²) in [6, 6.07) is 0.517.